The number of H-pyrrole nitrogens is 1. The Kier molecular flexibility index (Phi) is 6.24. The van der Waals surface area contributed by atoms with Crippen molar-refractivity contribution in [3.8, 4) is 11.5 Å². The molecule has 2 aromatic carbocycles. The number of benzene rings is 2. The Labute approximate surface area is 168 Å². The third-order valence-electron chi connectivity index (χ3n) is 4.73. The molecule has 1 N–H and O–H groups in total. The normalized spacial score (nSPS) is 13.3. The van der Waals surface area contributed by atoms with E-state index in [0.717, 1.165) is 29.6 Å². The van der Waals surface area contributed by atoms with Crippen LogP contribution in [0.5, 0.6) is 11.5 Å². The van der Waals surface area contributed by atoms with E-state index in [0.29, 0.717) is 22.2 Å². The summed E-state index contributed by atoms with van der Waals surface area (Å²) in [4.78, 5) is 9.87. The average Bonchev–Trinajstić information content (AvgIpc) is 3.13. The number of nitrogens with zero attached hydrogens (tertiary/aromatic N) is 2. The van der Waals surface area contributed by atoms with Gasteiger partial charge in [0.1, 0.15) is 0 Å². The van der Waals surface area contributed by atoms with Crippen LogP contribution in [-0.2, 0) is 10.8 Å². The molecule has 2 unspecified atom stereocenters. The Balaban J connectivity index is 2.05. The second-order valence-electron chi connectivity index (χ2n) is 6.79. The maximum Gasteiger partial charge on any atom is 0.198 e. The number of anilines is 1. The second kappa shape index (κ2) is 8.65. The fraction of sp³-hybridized carbons (Fsp3) is 0.381. The lowest BCUT2D eigenvalue weighted by Crippen LogP contribution is -2.16. The summed E-state index contributed by atoms with van der Waals surface area (Å²) in [6.45, 7) is 2.11. The predicted octanol–water partition coefficient (Wildman–Crippen LogP) is 4.30. The molecule has 0 aliphatic rings. The molecule has 0 amide bonds. The lowest BCUT2D eigenvalue weighted by atomic mass is 10.1. The molecule has 0 aliphatic heterocycles. The van der Waals surface area contributed by atoms with Gasteiger partial charge in [0.25, 0.3) is 0 Å². The molecule has 1 heterocycles. The van der Waals surface area contributed by atoms with Crippen LogP contribution in [-0.4, -0.2) is 42.5 Å². The molecule has 3 rings (SSSR count). The number of hydrogen-bond acceptors (Lipinski definition) is 5. The molecular weight excluding hydrogens is 374 g/mol. The Morgan fingerprint density at radius 3 is 2.46 bits per heavy atom. The fourth-order valence-electron chi connectivity index (χ4n) is 3.35. The Morgan fingerprint density at radius 1 is 1.14 bits per heavy atom. The minimum Gasteiger partial charge on any atom is -0.493 e. The molecule has 150 valence electrons. The van der Waals surface area contributed by atoms with Gasteiger partial charge in [0, 0.05) is 31.9 Å². The molecule has 0 fully saturated rings. The number of para-hydroxylation sites is 1. The summed E-state index contributed by atoms with van der Waals surface area (Å²) >= 11 is 0. The van der Waals surface area contributed by atoms with Crippen molar-refractivity contribution < 1.29 is 13.7 Å². The zero-order valence-electron chi connectivity index (χ0n) is 17.0. The molecule has 1 aromatic heterocycles. The van der Waals surface area contributed by atoms with Gasteiger partial charge in [-0.05, 0) is 18.1 Å². The van der Waals surface area contributed by atoms with E-state index in [-0.39, 0.29) is 5.25 Å². The smallest absolute Gasteiger partial charge is 0.198 e. The highest BCUT2D eigenvalue weighted by molar-refractivity contribution is 7.85. The van der Waals surface area contributed by atoms with E-state index >= 15 is 0 Å². The van der Waals surface area contributed by atoms with E-state index < -0.39 is 10.8 Å². The minimum absolute atomic E-state index is 0.145. The fourth-order valence-corrected chi connectivity index (χ4v) is 4.90. The first kappa shape index (κ1) is 20.2. The maximum atomic E-state index is 13.5. The van der Waals surface area contributed by atoms with Gasteiger partial charge in [-0.3, -0.25) is 4.21 Å². The number of imidazole rings is 1. The molecule has 3 aromatic rings. The highest BCUT2D eigenvalue weighted by Crippen LogP contribution is 2.36. The Bertz CT molecular complexity index is 943. The zero-order valence-corrected chi connectivity index (χ0v) is 17.8. The monoisotopic (exact) mass is 401 g/mol. The molecule has 0 saturated carbocycles. The molecule has 0 aliphatic carbocycles. The number of fused-ring (bicyclic) bond motifs is 1. The van der Waals surface area contributed by atoms with Gasteiger partial charge in [-0.25, -0.2) is 4.98 Å². The standard InChI is InChI=1S/C21H27N3O3S/c1-6-9-20(14-10-7-8-11-17(14)24(2)3)28(25)21-22-15-12-18(26-4)19(27-5)13-16(15)23-21/h7-8,10-13,20H,6,9H2,1-5H3,(H,22,23). The Hall–Kier alpha value is -2.54. The average molecular weight is 402 g/mol. The van der Waals surface area contributed by atoms with Crippen molar-refractivity contribution in [1.29, 1.82) is 0 Å². The van der Waals surface area contributed by atoms with Crippen molar-refractivity contribution in [3.63, 3.8) is 0 Å². The molecule has 0 radical (unpaired) electrons. The SMILES string of the molecule is CCCC(c1ccccc1N(C)C)S(=O)c1nc2cc(OC)c(OC)cc2[nH]1. The van der Waals surface area contributed by atoms with Crippen molar-refractivity contribution >= 4 is 27.5 Å². The highest BCUT2D eigenvalue weighted by Gasteiger charge is 2.25. The number of ether oxygens (including phenoxy) is 2. The van der Waals surface area contributed by atoms with E-state index in [1.54, 1.807) is 20.3 Å². The number of aromatic nitrogens is 2. The van der Waals surface area contributed by atoms with Crippen molar-refractivity contribution in [2.45, 2.75) is 30.2 Å². The molecule has 0 spiro atoms. The minimum atomic E-state index is -1.32. The van der Waals surface area contributed by atoms with E-state index in [9.17, 15) is 4.21 Å². The van der Waals surface area contributed by atoms with Crippen molar-refractivity contribution in [2.24, 2.45) is 0 Å². The van der Waals surface area contributed by atoms with Crippen LogP contribution < -0.4 is 14.4 Å². The molecule has 28 heavy (non-hydrogen) atoms. The van der Waals surface area contributed by atoms with E-state index in [1.165, 1.54) is 0 Å². The summed E-state index contributed by atoms with van der Waals surface area (Å²) < 4.78 is 24.2. The predicted molar refractivity (Wildman–Crippen MR) is 114 cm³/mol. The number of aromatic amines is 1. The van der Waals surface area contributed by atoms with Crippen molar-refractivity contribution in [2.75, 3.05) is 33.2 Å². The van der Waals surface area contributed by atoms with Gasteiger partial charge in [0.2, 0.25) is 0 Å². The quantitative estimate of drug-likeness (QED) is 0.610. The van der Waals surface area contributed by atoms with Gasteiger partial charge in [-0.1, -0.05) is 31.5 Å². The highest BCUT2D eigenvalue weighted by atomic mass is 32.2. The number of rotatable bonds is 8. The maximum absolute atomic E-state index is 13.5. The van der Waals surface area contributed by atoms with E-state index in [4.69, 9.17) is 9.47 Å². The van der Waals surface area contributed by atoms with Gasteiger partial charge in [-0.2, -0.15) is 0 Å². The van der Waals surface area contributed by atoms with Gasteiger partial charge < -0.3 is 19.4 Å². The summed E-state index contributed by atoms with van der Waals surface area (Å²) in [7, 11) is 5.87. The third kappa shape index (κ3) is 3.85. The molecule has 6 nitrogen and oxygen atoms in total. The van der Waals surface area contributed by atoms with Crippen molar-refractivity contribution in [1.82, 2.24) is 9.97 Å². The molecule has 7 heteroatoms. The zero-order chi connectivity index (χ0) is 20.3. The van der Waals surface area contributed by atoms with Crippen LogP contribution in [0.4, 0.5) is 5.69 Å². The summed E-state index contributed by atoms with van der Waals surface area (Å²) in [5.41, 5.74) is 3.63. The first-order valence-electron chi connectivity index (χ1n) is 9.28. The number of hydrogen-bond donors (Lipinski definition) is 1. The van der Waals surface area contributed by atoms with Gasteiger partial charge in [0.15, 0.2) is 16.7 Å². The van der Waals surface area contributed by atoms with Crippen LogP contribution in [0.3, 0.4) is 0 Å². The van der Waals surface area contributed by atoms with Gasteiger partial charge in [-0.15, -0.1) is 0 Å². The Morgan fingerprint density at radius 2 is 1.82 bits per heavy atom. The van der Waals surface area contributed by atoms with Crippen LogP contribution in [0, 0.1) is 0 Å². The van der Waals surface area contributed by atoms with Gasteiger partial charge >= 0.3 is 0 Å². The van der Waals surface area contributed by atoms with E-state index in [1.807, 2.05) is 32.3 Å². The van der Waals surface area contributed by atoms with Gasteiger partial charge in [0.05, 0.1) is 41.3 Å². The van der Waals surface area contributed by atoms with Crippen LogP contribution in [0.1, 0.15) is 30.6 Å². The summed E-state index contributed by atoms with van der Waals surface area (Å²) in [6, 6.07) is 11.7. The first-order valence-corrected chi connectivity index (χ1v) is 10.5. The van der Waals surface area contributed by atoms with Crippen LogP contribution in [0.15, 0.2) is 41.6 Å². The van der Waals surface area contributed by atoms with E-state index in [2.05, 4.69) is 33.9 Å². The molecule has 2 atom stereocenters. The molecular formula is C21H27N3O3S. The summed E-state index contributed by atoms with van der Waals surface area (Å²) in [6.07, 6.45) is 1.74. The topological polar surface area (TPSA) is 67.5 Å². The third-order valence-corrected chi connectivity index (χ3v) is 6.31. The van der Waals surface area contributed by atoms with Crippen LogP contribution in [0.2, 0.25) is 0 Å². The first-order chi connectivity index (χ1) is 13.5. The largest absolute Gasteiger partial charge is 0.493 e. The molecule has 0 bridgehead atoms. The molecule has 0 saturated heterocycles. The van der Waals surface area contributed by atoms with Crippen LogP contribution in [0.25, 0.3) is 11.0 Å². The lowest BCUT2D eigenvalue weighted by molar-refractivity contribution is 0.356. The van der Waals surface area contributed by atoms with Crippen molar-refractivity contribution in [3.05, 3.63) is 42.0 Å². The number of methoxy groups -OCH3 is 2. The second-order valence-corrected chi connectivity index (χ2v) is 8.34. The summed E-state index contributed by atoms with van der Waals surface area (Å²) in [5, 5.41) is 0.324. The van der Waals surface area contributed by atoms with Crippen LogP contribution >= 0.6 is 0 Å². The number of nitrogens with one attached hydrogen (secondary N) is 1. The lowest BCUT2D eigenvalue weighted by Gasteiger charge is -2.22. The summed E-state index contributed by atoms with van der Waals surface area (Å²) in [5.74, 6) is 1.21.